The third-order valence-corrected chi connectivity index (χ3v) is 9.60. The molecule has 7 rings (SSSR count). The number of piperidine rings is 1. The topological polar surface area (TPSA) is 74.6 Å². The molecule has 12 heteroatoms. The van der Waals surface area contributed by atoms with E-state index in [2.05, 4.69) is 25.8 Å². The number of pyridine rings is 1. The van der Waals surface area contributed by atoms with E-state index in [0.29, 0.717) is 43.6 Å². The van der Waals surface area contributed by atoms with Gasteiger partial charge in [-0.2, -0.15) is 23.1 Å². The second-order valence-electron chi connectivity index (χ2n) is 12.9. The smallest absolute Gasteiger partial charge is 0.417 e. The van der Waals surface area contributed by atoms with Crippen LogP contribution < -0.4 is 9.64 Å². The van der Waals surface area contributed by atoms with E-state index in [1.807, 2.05) is 4.90 Å². The molecule has 1 N–H and O–H groups in total. The normalized spacial score (nSPS) is 25.3. The van der Waals surface area contributed by atoms with Gasteiger partial charge in [0.15, 0.2) is 5.82 Å². The minimum absolute atomic E-state index is 0.0471. The van der Waals surface area contributed by atoms with Crippen molar-refractivity contribution in [2.24, 2.45) is 0 Å². The first-order valence-electron chi connectivity index (χ1n) is 15.3. The molecule has 3 aliphatic rings. The zero-order chi connectivity index (χ0) is 32.4. The number of benzene rings is 2. The quantitative estimate of drug-likeness (QED) is 0.204. The molecule has 0 radical (unpaired) electrons. The van der Waals surface area contributed by atoms with Crippen molar-refractivity contribution >= 4 is 27.5 Å². The van der Waals surface area contributed by atoms with Crippen molar-refractivity contribution in [2.45, 2.75) is 62.5 Å². The number of hydrogen-bond donors (Lipinski definition) is 1. The maximum atomic E-state index is 16.7. The van der Waals surface area contributed by atoms with Gasteiger partial charge in [-0.1, -0.05) is 30.2 Å². The van der Waals surface area contributed by atoms with Crippen LogP contribution in [0.4, 0.5) is 27.8 Å². The highest BCUT2D eigenvalue weighted by Crippen LogP contribution is 2.42. The van der Waals surface area contributed by atoms with E-state index in [0.717, 1.165) is 25.5 Å². The van der Waals surface area contributed by atoms with Gasteiger partial charge < -0.3 is 14.7 Å². The number of hydrogen-bond acceptors (Lipinski definition) is 7. The first-order chi connectivity index (χ1) is 21.9. The molecule has 0 saturated carbocycles. The number of ether oxygens (including phenoxy) is 1. The van der Waals surface area contributed by atoms with Crippen molar-refractivity contribution in [1.82, 2.24) is 19.9 Å². The van der Waals surface area contributed by atoms with E-state index in [4.69, 9.17) is 11.2 Å². The molecular formula is C34H32F5N5O2. The Balaban J connectivity index is 1.38. The molecule has 1 unspecified atom stereocenters. The Labute approximate surface area is 262 Å². The maximum absolute atomic E-state index is 16.7. The Kier molecular flexibility index (Phi) is 7.32. The van der Waals surface area contributed by atoms with Crippen molar-refractivity contribution in [3.8, 4) is 29.6 Å². The van der Waals surface area contributed by atoms with Gasteiger partial charge in [-0.05, 0) is 50.6 Å². The summed E-state index contributed by atoms with van der Waals surface area (Å²) in [7, 11) is 0. The second kappa shape index (κ2) is 11.0. The highest BCUT2D eigenvalue weighted by molar-refractivity contribution is 6.02. The molecule has 2 aromatic heterocycles. The molecule has 240 valence electrons. The molecule has 0 spiro atoms. The summed E-state index contributed by atoms with van der Waals surface area (Å²) in [5.41, 5.74) is -3.22. The number of nitrogens with zero attached hydrogens (tertiary/aromatic N) is 5. The summed E-state index contributed by atoms with van der Waals surface area (Å²) < 4.78 is 79.1. The van der Waals surface area contributed by atoms with Gasteiger partial charge in [-0.25, -0.2) is 8.78 Å². The first kappa shape index (κ1) is 30.6. The molecule has 7 nitrogen and oxygen atoms in total. The van der Waals surface area contributed by atoms with Gasteiger partial charge in [-0.3, -0.25) is 9.88 Å². The maximum Gasteiger partial charge on any atom is 0.417 e. The SMILES string of the molecule is C#Cc1c(C(F)(F)F)ccc2cccc(-c3ncc4c(N5CCC[C@@](C)(O)C5)nc(OCC56CCCN5C[C@H](F)C6)nc4c3F)c12. The van der Waals surface area contributed by atoms with Crippen LogP contribution in [0.25, 0.3) is 32.9 Å². The predicted octanol–water partition coefficient (Wildman–Crippen LogP) is 6.29. The Morgan fingerprint density at radius 1 is 1.13 bits per heavy atom. The Bertz CT molecular complexity index is 1890. The van der Waals surface area contributed by atoms with Crippen LogP contribution in [0.15, 0.2) is 36.5 Å². The number of alkyl halides is 4. The lowest BCUT2D eigenvalue weighted by Gasteiger charge is -2.38. The average Bonchev–Trinajstić information content (AvgIpc) is 3.54. The Morgan fingerprint density at radius 3 is 2.70 bits per heavy atom. The minimum atomic E-state index is -4.72. The number of aliphatic hydroxyl groups is 1. The van der Waals surface area contributed by atoms with Gasteiger partial charge in [0.05, 0.1) is 22.1 Å². The van der Waals surface area contributed by atoms with Crippen LogP contribution in [0.1, 0.15) is 50.2 Å². The summed E-state index contributed by atoms with van der Waals surface area (Å²) in [6.45, 7) is 3.68. The van der Waals surface area contributed by atoms with E-state index >= 15 is 4.39 Å². The molecule has 4 aromatic rings. The fourth-order valence-electron chi connectivity index (χ4n) is 7.53. The van der Waals surface area contributed by atoms with Crippen molar-refractivity contribution in [3.63, 3.8) is 0 Å². The summed E-state index contributed by atoms with van der Waals surface area (Å²) >= 11 is 0. The summed E-state index contributed by atoms with van der Waals surface area (Å²) in [5, 5.41) is 11.6. The summed E-state index contributed by atoms with van der Waals surface area (Å²) in [4.78, 5) is 17.4. The van der Waals surface area contributed by atoms with E-state index in [1.165, 1.54) is 18.3 Å². The van der Waals surface area contributed by atoms with E-state index in [9.17, 15) is 22.7 Å². The zero-order valence-electron chi connectivity index (χ0n) is 25.2. The molecule has 3 atom stereocenters. The van der Waals surface area contributed by atoms with Crippen molar-refractivity contribution in [3.05, 3.63) is 53.5 Å². The van der Waals surface area contributed by atoms with E-state index < -0.39 is 40.4 Å². The average molecular weight is 638 g/mol. The fraction of sp³-hybridized carbons (Fsp3) is 0.441. The monoisotopic (exact) mass is 637 g/mol. The minimum Gasteiger partial charge on any atom is -0.461 e. The Morgan fingerprint density at radius 2 is 1.93 bits per heavy atom. The predicted molar refractivity (Wildman–Crippen MR) is 164 cm³/mol. The van der Waals surface area contributed by atoms with Crippen LogP contribution in [0.3, 0.4) is 0 Å². The fourth-order valence-corrected chi connectivity index (χ4v) is 7.53. The van der Waals surface area contributed by atoms with E-state index in [1.54, 1.807) is 19.1 Å². The molecule has 0 bridgehead atoms. The Hall–Kier alpha value is -4.08. The van der Waals surface area contributed by atoms with Crippen molar-refractivity contribution < 1.29 is 31.8 Å². The molecule has 3 aliphatic heterocycles. The molecular weight excluding hydrogens is 605 g/mol. The van der Waals surface area contributed by atoms with Crippen LogP contribution in [0.2, 0.25) is 0 Å². The third kappa shape index (κ3) is 5.19. The highest BCUT2D eigenvalue weighted by Gasteiger charge is 2.49. The number of rotatable bonds is 5. The van der Waals surface area contributed by atoms with Crippen molar-refractivity contribution in [2.75, 3.05) is 37.7 Å². The van der Waals surface area contributed by atoms with Crippen molar-refractivity contribution in [1.29, 1.82) is 0 Å². The van der Waals surface area contributed by atoms with Gasteiger partial charge in [0, 0.05) is 48.8 Å². The van der Waals surface area contributed by atoms with Crippen LogP contribution in [-0.2, 0) is 6.18 Å². The number of halogens is 5. The lowest BCUT2D eigenvalue weighted by molar-refractivity contribution is -0.137. The van der Waals surface area contributed by atoms with Crippen LogP contribution in [0.5, 0.6) is 6.01 Å². The number of terminal acetylenes is 1. The third-order valence-electron chi connectivity index (χ3n) is 9.60. The molecule has 5 heterocycles. The van der Waals surface area contributed by atoms with Gasteiger partial charge in [-0.15, -0.1) is 6.42 Å². The molecule has 0 aliphatic carbocycles. The van der Waals surface area contributed by atoms with E-state index in [-0.39, 0.29) is 46.7 Å². The number of β-amino-alcohol motifs (C(OH)–C–C–N with tert-alkyl or cyclic N) is 1. The summed E-state index contributed by atoms with van der Waals surface area (Å²) in [6, 6.07) is 6.77. The number of anilines is 1. The van der Waals surface area contributed by atoms with Gasteiger partial charge in [0.2, 0.25) is 0 Å². The molecule has 0 amide bonds. The van der Waals surface area contributed by atoms with Crippen LogP contribution in [0, 0.1) is 18.2 Å². The lowest BCUT2D eigenvalue weighted by atomic mass is 9.93. The first-order valence-corrected chi connectivity index (χ1v) is 15.3. The summed E-state index contributed by atoms with van der Waals surface area (Å²) in [5.74, 6) is 1.60. The molecule has 2 aromatic carbocycles. The van der Waals surface area contributed by atoms with Gasteiger partial charge in [0.25, 0.3) is 0 Å². The van der Waals surface area contributed by atoms with Crippen LogP contribution >= 0.6 is 0 Å². The highest BCUT2D eigenvalue weighted by atomic mass is 19.4. The number of fused-ring (bicyclic) bond motifs is 3. The molecule has 46 heavy (non-hydrogen) atoms. The number of aromatic nitrogens is 3. The molecule has 3 fully saturated rings. The zero-order valence-corrected chi connectivity index (χ0v) is 25.2. The largest absolute Gasteiger partial charge is 0.461 e. The summed E-state index contributed by atoms with van der Waals surface area (Å²) in [6.07, 6.45) is 4.53. The van der Waals surface area contributed by atoms with Gasteiger partial charge >= 0.3 is 12.2 Å². The molecule has 3 saturated heterocycles. The lowest BCUT2D eigenvalue weighted by Crippen LogP contribution is -2.46. The standard InChI is InChI=1S/C34H32F5N5O2/c1-3-22-25(34(37,38)39)10-9-20-7-4-8-23(26(20)22)28-27(36)29-24(16-40-28)30(43-13-5-11-32(2,45)18-43)42-31(41-29)46-19-33-12-6-14-44(33)17-21(35)15-33/h1,4,7-10,16,21,45H,5-6,11-15,17-19H2,2H3/t21-,32-,33?/m1/s1. The van der Waals surface area contributed by atoms with Crippen LogP contribution in [-0.4, -0.2) is 75.1 Å². The second-order valence-corrected chi connectivity index (χ2v) is 12.9. The van der Waals surface area contributed by atoms with Gasteiger partial charge in [0.1, 0.15) is 29.8 Å².